The second-order valence-corrected chi connectivity index (χ2v) is 5.06. The minimum Gasteiger partial charge on any atom is -0.341 e. The van der Waals surface area contributed by atoms with Gasteiger partial charge in [-0.15, -0.1) is 0 Å². The van der Waals surface area contributed by atoms with Gasteiger partial charge in [0.15, 0.2) is 0 Å². The van der Waals surface area contributed by atoms with Gasteiger partial charge in [-0.1, -0.05) is 0 Å². The van der Waals surface area contributed by atoms with Crippen LogP contribution in [0.15, 0.2) is 18.2 Å². The summed E-state index contributed by atoms with van der Waals surface area (Å²) in [6, 6.07) is 6.11. The zero-order valence-electron chi connectivity index (χ0n) is 10.8. The standard InChI is InChI=1S/C14H16FN3O/c1-18(13(19)14(9-17)4-5-14)8-11-6-10(7-16)2-3-12(11)15/h2-3,6H,4-5,8-9,17H2,1H3. The van der Waals surface area contributed by atoms with Crippen LogP contribution in [0, 0.1) is 22.6 Å². The van der Waals surface area contributed by atoms with Crippen molar-refractivity contribution in [3.63, 3.8) is 0 Å². The molecule has 1 aromatic rings. The van der Waals surface area contributed by atoms with Crippen LogP contribution >= 0.6 is 0 Å². The van der Waals surface area contributed by atoms with Gasteiger partial charge in [0.2, 0.25) is 5.91 Å². The highest BCUT2D eigenvalue weighted by atomic mass is 19.1. The van der Waals surface area contributed by atoms with Crippen molar-refractivity contribution in [2.45, 2.75) is 19.4 Å². The van der Waals surface area contributed by atoms with Gasteiger partial charge in [-0.25, -0.2) is 4.39 Å². The Balaban J connectivity index is 2.13. The van der Waals surface area contributed by atoms with Gasteiger partial charge < -0.3 is 10.6 Å². The van der Waals surface area contributed by atoms with E-state index in [1.165, 1.54) is 23.1 Å². The Morgan fingerprint density at radius 2 is 2.26 bits per heavy atom. The summed E-state index contributed by atoms with van der Waals surface area (Å²) in [7, 11) is 1.64. The third-order valence-electron chi connectivity index (χ3n) is 3.63. The maximum atomic E-state index is 13.7. The van der Waals surface area contributed by atoms with Crippen molar-refractivity contribution >= 4 is 5.91 Å². The first-order valence-corrected chi connectivity index (χ1v) is 6.16. The molecular weight excluding hydrogens is 245 g/mol. The Morgan fingerprint density at radius 3 is 2.79 bits per heavy atom. The molecule has 1 fully saturated rings. The maximum Gasteiger partial charge on any atom is 0.230 e. The Hall–Kier alpha value is -1.93. The third-order valence-corrected chi connectivity index (χ3v) is 3.63. The Labute approximate surface area is 111 Å². The van der Waals surface area contributed by atoms with Crippen LogP contribution in [0.25, 0.3) is 0 Å². The van der Waals surface area contributed by atoms with Gasteiger partial charge in [-0.3, -0.25) is 4.79 Å². The number of amides is 1. The summed E-state index contributed by atoms with van der Waals surface area (Å²) >= 11 is 0. The number of rotatable bonds is 4. The van der Waals surface area contributed by atoms with E-state index in [-0.39, 0.29) is 12.5 Å². The lowest BCUT2D eigenvalue weighted by Gasteiger charge is -2.22. The second-order valence-electron chi connectivity index (χ2n) is 5.06. The summed E-state index contributed by atoms with van der Waals surface area (Å²) in [6.07, 6.45) is 1.60. The Morgan fingerprint density at radius 1 is 1.58 bits per heavy atom. The molecule has 1 saturated carbocycles. The number of nitrogens with two attached hydrogens (primary N) is 1. The molecule has 1 amide bonds. The average molecular weight is 261 g/mol. The minimum absolute atomic E-state index is 0.0447. The van der Waals surface area contributed by atoms with Crippen LogP contribution in [0.1, 0.15) is 24.0 Å². The van der Waals surface area contributed by atoms with Gasteiger partial charge >= 0.3 is 0 Å². The molecule has 19 heavy (non-hydrogen) atoms. The molecule has 0 spiro atoms. The lowest BCUT2D eigenvalue weighted by Crippen LogP contribution is -2.37. The van der Waals surface area contributed by atoms with Crippen molar-refractivity contribution in [2.75, 3.05) is 13.6 Å². The third kappa shape index (κ3) is 2.59. The van der Waals surface area contributed by atoms with Crippen LogP contribution in [0.3, 0.4) is 0 Å². The minimum atomic E-state index is -0.432. The first-order valence-electron chi connectivity index (χ1n) is 6.16. The Kier molecular flexibility index (Phi) is 3.54. The summed E-state index contributed by atoms with van der Waals surface area (Å²) in [5.74, 6) is -0.451. The van der Waals surface area contributed by atoms with E-state index in [0.717, 1.165) is 12.8 Å². The molecule has 0 heterocycles. The van der Waals surface area contributed by atoms with E-state index < -0.39 is 11.2 Å². The number of halogens is 1. The van der Waals surface area contributed by atoms with Crippen LogP contribution in [0.5, 0.6) is 0 Å². The molecule has 0 atom stereocenters. The monoisotopic (exact) mass is 261 g/mol. The van der Waals surface area contributed by atoms with Gasteiger partial charge in [-0.05, 0) is 31.0 Å². The molecule has 0 radical (unpaired) electrons. The molecule has 1 aliphatic carbocycles. The molecule has 1 aromatic carbocycles. The molecular formula is C14H16FN3O. The fourth-order valence-corrected chi connectivity index (χ4v) is 2.15. The number of carbonyl (C=O) groups is 1. The number of carbonyl (C=O) groups excluding carboxylic acids is 1. The van der Waals surface area contributed by atoms with E-state index in [1.54, 1.807) is 7.05 Å². The lowest BCUT2D eigenvalue weighted by molar-refractivity contribution is -0.135. The highest BCUT2D eigenvalue weighted by molar-refractivity contribution is 5.85. The van der Waals surface area contributed by atoms with E-state index in [9.17, 15) is 9.18 Å². The number of nitrogens with zero attached hydrogens (tertiary/aromatic N) is 2. The molecule has 0 saturated heterocycles. The summed E-state index contributed by atoms with van der Waals surface area (Å²) in [5, 5.41) is 8.80. The molecule has 0 unspecified atom stereocenters. The predicted molar refractivity (Wildman–Crippen MR) is 68.3 cm³/mol. The quantitative estimate of drug-likeness (QED) is 0.890. The largest absolute Gasteiger partial charge is 0.341 e. The van der Waals surface area contributed by atoms with Crippen molar-refractivity contribution in [2.24, 2.45) is 11.1 Å². The highest BCUT2D eigenvalue weighted by Crippen LogP contribution is 2.46. The molecule has 4 nitrogen and oxygen atoms in total. The summed E-state index contributed by atoms with van der Waals surface area (Å²) in [6.45, 7) is 0.485. The van der Waals surface area contributed by atoms with E-state index in [0.29, 0.717) is 17.7 Å². The number of hydrogen-bond donors (Lipinski definition) is 1. The second kappa shape index (κ2) is 4.98. The lowest BCUT2D eigenvalue weighted by atomic mass is 10.1. The topological polar surface area (TPSA) is 70.1 Å². The van der Waals surface area contributed by atoms with Crippen LogP contribution in [0.4, 0.5) is 4.39 Å². The average Bonchev–Trinajstić information content (AvgIpc) is 3.21. The number of hydrogen-bond acceptors (Lipinski definition) is 3. The molecule has 100 valence electrons. The van der Waals surface area contributed by atoms with Gasteiger partial charge in [0.05, 0.1) is 17.0 Å². The van der Waals surface area contributed by atoms with Crippen LogP contribution in [0.2, 0.25) is 0 Å². The first kappa shape index (κ1) is 13.5. The molecule has 0 aromatic heterocycles. The molecule has 0 bridgehead atoms. The molecule has 0 aliphatic heterocycles. The van der Waals surface area contributed by atoms with Crippen molar-refractivity contribution in [1.29, 1.82) is 5.26 Å². The van der Waals surface area contributed by atoms with E-state index in [2.05, 4.69) is 0 Å². The highest BCUT2D eigenvalue weighted by Gasteiger charge is 2.49. The van der Waals surface area contributed by atoms with Crippen molar-refractivity contribution in [3.05, 3.63) is 35.1 Å². The van der Waals surface area contributed by atoms with Crippen LogP contribution < -0.4 is 5.73 Å². The van der Waals surface area contributed by atoms with Crippen molar-refractivity contribution < 1.29 is 9.18 Å². The zero-order chi connectivity index (χ0) is 14.0. The summed E-state index contributed by atoms with van der Waals surface area (Å²) in [4.78, 5) is 13.7. The molecule has 2 rings (SSSR count). The first-order chi connectivity index (χ1) is 9.02. The molecule has 2 N–H and O–H groups in total. The normalized spacial score (nSPS) is 15.7. The SMILES string of the molecule is CN(Cc1cc(C#N)ccc1F)C(=O)C1(CN)CC1. The van der Waals surface area contributed by atoms with Crippen molar-refractivity contribution in [3.8, 4) is 6.07 Å². The van der Waals surface area contributed by atoms with Crippen LogP contribution in [-0.4, -0.2) is 24.4 Å². The maximum absolute atomic E-state index is 13.7. The molecule has 1 aliphatic rings. The van der Waals surface area contributed by atoms with E-state index in [4.69, 9.17) is 11.0 Å². The summed E-state index contributed by atoms with van der Waals surface area (Å²) in [5.41, 5.74) is 5.92. The number of benzene rings is 1. The van der Waals surface area contributed by atoms with Gasteiger partial charge in [0.1, 0.15) is 5.82 Å². The fraction of sp³-hybridized carbons (Fsp3) is 0.429. The van der Waals surface area contributed by atoms with Gasteiger partial charge in [0.25, 0.3) is 0 Å². The fourth-order valence-electron chi connectivity index (χ4n) is 2.15. The van der Waals surface area contributed by atoms with E-state index in [1.807, 2.05) is 6.07 Å². The molecule has 5 heteroatoms. The van der Waals surface area contributed by atoms with Crippen molar-refractivity contribution in [1.82, 2.24) is 4.90 Å². The predicted octanol–water partition coefficient (Wildman–Crippen LogP) is 1.39. The number of nitriles is 1. The summed E-state index contributed by atoms with van der Waals surface area (Å²) < 4.78 is 13.7. The zero-order valence-corrected chi connectivity index (χ0v) is 10.8. The van der Waals surface area contributed by atoms with Gasteiger partial charge in [-0.2, -0.15) is 5.26 Å². The van der Waals surface area contributed by atoms with Crippen LogP contribution in [-0.2, 0) is 11.3 Å². The smallest absolute Gasteiger partial charge is 0.230 e. The van der Waals surface area contributed by atoms with E-state index >= 15 is 0 Å². The van der Waals surface area contributed by atoms with Gasteiger partial charge in [0, 0.05) is 25.7 Å². The Bertz CT molecular complexity index is 546.